The predicted octanol–water partition coefficient (Wildman–Crippen LogP) is 3.86. The van der Waals surface area contributed by atoms with Gasteiger partial charge in [-0.1, -0.05) is 19.3 Å². The number of nitrogen functional groups attached to an aromatic ring is 1. The topological polar surface area (TPSA) is 38.9 Å². The van der Waals surface area contributed by atoms with E-state index in [1.54, 1.807) is 0 Å². The van der Waals surface area contributed by atoms with Gasteiger partial charge in [-0.2, -0.15) is 0 Å². The highest BCUT2D eigenvalue weighted by Gasteiger charge is 2.15. The highest BCUT2D eigenvalue weighted by atomic mass is 14.7. The number of aromatic nitrogens is 1. The van der Waals surface area contributed by atoms with Crippen LogP contribution in [0.4, 0.5) is 5.69 Å². The maximum atomic E-state index is 5.82. The summed E-state index contributed by atoms with van der Waals surface area (Å²) >= 11 is 0. The number of rotatable bonds is 1. The molecule has 0 spiro atoms. The highest BCUT2D eigenvalue weighted by molar-refractivity contribution is 5.82. The fourth-order valence-corrected chi connectivity index (χ4v) is 2.83. The Morgan fingerprint density at radius 2 is 1.88 bits per heavy atom. The van der Waals surface area contributed by atoms with Crippen LogP contribution in [0.3, 0.4) is 0 Å². The Bertz CT molecular complexity index is 527. The van der Waals surface area contributed by atoms with Crippen LogP contribution in [0.2, 0.25) is 0 Å². The predicted molar refractivity (Wildman–Crippen MR) is 72.0 cm³/mol. The summed E-state index contributed by atoms with van der Waals surface area (Å²) in [7, 11) is 0. The Balaban J connectivity index is 1.99. The van der Waals surface area contributed by atoms with Gasteiger partial charge in [-0.3, -0.25) is 4.98 Å². The molecule has 0 aliphatic heterocycles. The molecule has 17 heavy (non-hydrogen) atoms. The summed E-state index contributed by atoms with van der Waals surface area (Å²) in [5.41, 5.74) is 9.08. The van der Waals surface area contributed by atoms with E-state index in [2.05, 4.69) is 17.2 Å². The van der Waals surface area contributed by atoms with Gasteiger partial charge >= 0.3 is 0 Å². The minimum atomic E-state index is 0.710. The summed E-state index contributed by atoms with van der Waals surface area (Å²) in [6, 6.07) is 8.20. The minimum Gasteiger partial charge on any atom is -0.399 e. The van der Waals surface area contributed by atoms with Crippen LogP contribution in [0, 0.1) is 0 Å². The van der Waals surface area contributed by atoms with Crippen LogP contribution < -0.4 is 5.73 Å². The fourth-order valence-electron chi connectivity index (χ4n) is 2.83. The van der Waals surface area contributed by atoms with Crippen molar-refractivity contribution < 1.29 is 0 Å². The second kappa shape index (κ2) is 4.36. The zero-order valence-corrected chi connectivity index (χ0v) is 10.0. The van der Waals surface area contributed by atoms with E-state index in [0.717, 1.165) is 11.2 Å². The Morgan fingerprint density at radius 1 is 1.06 bits per heavy atom. The monoisotopic (exact) mass is 226 g/mol. The minimum absolute atomic E-state index is 0.710. The molecule has 3 rings (SSSR count). The largest absolute Gasteiger partial charge is 0.399 e. The molecule has 2 aromatic rings. The van der Waals surface area contributed by atoms with Crippen molar-refractivity contribution in [3.8, 4) is 0 Å². The molecule has 0 unspecified atom stereocenters. The molecule has 1 aromatic heterocycles. The molecule has 0 saturated heterocycles. The summed E-state index contributed by atoms with van der Waals surface area (Å²) in [5, 5.41) is 1.17. The summed E-state index contributed by atoms with van der Waals surface area (Å²) in [4.78, 5) is 4.54. The number of fused-ring (bicyclic) bond motifs is 1. The van der Waals surface area contributed by atoms with Gasteiger partial charge in [0.2, 0.25) is 0 Å². The van der Waals surface area contributed by atoms with Gasteiger partial charge < -0.3 is 5.73 Å². The summed E-state index contributed by atoms with van der Waals surface area (Å²) in [5.74, 6) is 0.710. The molecular formula is C15H18N2. The molecule has 1 aliphatic rings. The van der Waals surface area contributed by atoms with Crippen molar-refractivity contribution in [1.82, 2.24) is 4.98 Å². The molecule has 2 N–H and O–H groups in total. The second-order valence-corrected chi connectivity index (χ2v) is 5.06. The van der Waals surface area contributed by atoms with Crippen LogP contribution >= 0.6 is 0 Å². The van der Waals surface area contributed by atoms with Crippen LogP contribution in [0.1, 0.15) is 43.6 Å². The molecule has 0 radical (unpaired) electrons. The Morgan fingerprint density at radius 3 is 2.71 bits per heavy atom. The number of nitrogens with zero attached hydrogens (tertiary/aromatic N) is 1. The first-order valence-corrected chi connectivity index (χ1v) is 6.48. The fraction of sp³-hybridized carbons (Fsp3) is 0.400. The first kappa shape index (κ1) is 10.6. The first-order chi connectivity index (χ1) is 8.33. The van der Waals surface area contributed by atoms with Crippen molar-refractivity contribution in [1.29, 1.82) is 0 Å². The van der Waals surface area contributed by atoms with Crippen molar-refractivity contribution in [2.45, 2.75) is 38.0 Å². The Kier molecular flexibility index (Phi) is 2.71. The number of benzene rings is 1. The van der Waals surface area contributed by atoms with Crippen molar-refractivity contribution in [2.24, 2.45) is 0 Å². The highest BCUT2D eigenvalue weighted by Crippen LogP contribution is 2.33. The zero-order valence-electron chi connectivity index (χ0n) is 10.0. The Hall–Kier alpha value is -1.57. The SMILES string of the molecule is Nc1ccc2ncc(C3CCCCC3)cc2c1. The normalized spacial score (nSPS) is 17.4. The third-order valence-electron chi connectivity index (χ3n) is 3.80. The average Bonchev–Trinajstić information content (AvgIpc) is 2.39. The maximum absolute atomic E-state index is 5.82. The van der Waals surface area contributed by atoms with Gasteiger partial charge in [0.15, 0.2) is 0 Å². The number of hydrogen-bond acceptors (Lipinski definition) is 2. The molecule has 2 heteroatoms. The quantitative estimate of drug-likeness (QED) is 0.750. The van der Waals surface area contributed by atoms with Gasteiger partial charge in [0.25, 0.3) is 0 Å². The zero-order chi connectivity index (χ0) is 11.7. The summed E-state index contributed by atoms with van der Waals surface area (Å²) in [6.45, 7) is 0. The molecule has 0 atom stereocenters. The number of nitrogens with two attached hydrogens (primary N) is 1. The van der Waals surface area contributed by atoms with E-state index in [1.165, 1.54) is 43.1 Å². The third-order valence-corrected chi connectivity index (χ3v) is 3.80. The van der Waals surface area contributed by atoms with Gasteiger partial charge in [0.05, 0.1) is 5.52 Å². The molecule has 1 heterocycles. The van der Waals surface area contributed by atoms with Gasteiger partial charge in [-0.25, -0.2) is 0 Å². The first-order valence-electron chi connectivity index (χ1n) is 6.48. The van der Waals surface area contributed by atoms with Gasteiger partial charge in [-0.05, 0) is 48.6 Å². The van der Waals surface area contributed by atoms with E-state index in [-0.39, 0.29) is 0 Å². The lowest BCUT2D eigenvalue weighted by molar-refractivity contribution is 0.443. The lowest BCUT2D eigenvalue weighted by Crippen LogP contribution is -2.04. The molecule has 0 bridgehead atoms. The van der Waals surface area contributed by atoms with Crippen molar-refractivity contribution in [2.75, 3.05) is 5.73 Å². The maximum Gasteiger partial charge on any atom is 0.0703 e. The molecule has 2 nitrogen and oxygen atoms in total. The molecule has 1 saturated carbocycles. The van der Waals surface area contributed by atoms with E-state index in [9.17, 15) is 0 Å². The van der Waals surface area contributed by atoms with Gasteiger partial charge in [-0.15, -0.1) is 0 Å². The molecule has 1 aliphatic carbocycles. The molecule has 0 amide bonds. The van der Waals surface area contributed by atoms with E-state index in [0.29, 0.717) is 5.92 Å². The van der Waals surface area contributed by atoms with Crippen molar-refractivity contribution in [3.05, 3.63) is 36.0 Å². The summed E-state index contributed by atoms with van der Waals surface area (Å²) < 4.78 is 0. The van der Waals surface area contributed by atoms with E-state index >= 15 is 0 Å². The number of pyridine rings is 1. The molecular weight excluding hydrogens is 208 g/mol. The third kappa shape index (κ3) is 2.12. The van der Waals surface area contributed by atoms with Crippen LogP contribution in [0.5, 0.6) is 0 Å². The molecule has 1 fully saturated rings. The van der Waals surface area contributed by atoms with Crippen molar-refractivity contribution >= 4 is 16.6 Å². The Labute approximate surface area is 102 Å². The molecule has 88 valence electrons. The average molecular weight is 226 g/mol. The number of hydrogen-bond donors (Lipinski definition) is 1. The van der Waals surface area contributed by atoms with Gasteiger partial charge in [0.1, 0.15) is 0 Å². The van der Waals surface area contributed by atoms with Crippen LogP contribution in [0.25, 0.3) is 10.9 Å². The smallest absolute Gasteiger partial charge is 0.0703 e. The summed E-state index contributed by atoms with van der Waals surface area (Å²) in [6.07, 6.45) is 8.79. The second-order valence-electron chi connectivity index (χ2n) is 5.06. The lowest BCUT2D eigenvalue weighted by atomic mass is 9.84. The lowest BCUT2D eigenvalue weighted by Gasteiger charge is -2.21. The van der Waals surface area contributed by atoms with E-state index in [4.69, 9.17) is 5.73 Å². The van der Waals surface area contributed by atoms with Crippen LogP contribution in [-0.2, 0) is 0 Å². The van der Waals surface area contributed by atoms with Crippen LogP contribution in [0.15, 0.2) is 30.5 Å². The molecule has 1 aromatic carbocycles. The van der Waals surface area contributed by atoms with Gasteiger partial charge in [0, 0.05) is 17.3 Å². The number of anilines is 1. The van der Waals surface area contributed by atoms with E-state index < -0.39 is 0 Å². The van der Waals surface area contributed by atoms with E-state index in [1.807, 2.05) is 18.2 Å². The van der Waals surface area contributed by atoms with Crippen LogP contribution in [-0.4, -0.2) is 4.98 Å². The van der Waals surface area contributed by atoms with Crippen molar-refractivity contribution in [3.63, 3.8) is 0 Å². The standard InChI is InChI=1S/C15H18N2/c16-14-6-7-15-12(9-14)8-13(10-17-15)11-4-2-1-3-5-11/h6-11H,1-5,16H2.